The average molecular weight is 286 g/mol. The van der Waals surface area contributed by atoms with E-state index in [9.17, 15) is 0 Å². The quantitative estimate of drug-likeness (QED) is 0.881. The van der Waals surface area contributed by atoms with E-state index in [1.807, 2.05) is 32.0 Å². The lowest BCUT2D eigenvalue weighted by Gasteiger charge is -2.14. The molecule has 112 valence electrons. The van der Waals surface area contributed by atoms with Crippen molar-refractivity contribution in [3.05, 3.63) is 29.3 Å². The van der Waals surface area contributed by atoms with Crippen molar-refractivity contribution in [1.82, 2.24) is 15.0 Å². The highest BCUT2D eigenvalue weighted by atomic mass is 15.3. The Kier molecular flexibility index (Phi) is 4.57. The van der Waals surface area contributed by atoms with Crippen molar-refractivity contribution in [2.24, 2.45) is 0 Å². The molecule has 0 amide bonds. The first-order valence-corrected chi connectivity index (χ1v) is 7.01. The van der Waals surface area contributed by atoms with E-state index in [0.29, 0.717) is 17.8 Å². The molecule has 0 bridgehead atoms. The number of aryl methyl sites for hydroxylation is 2. The van der Waals surface area contributed by atoms with E-state index < -0.39 is 0 Å². The number of benzene rings is 1. The van der Waals surface area contributed by atoms with Crippen molar-refractivity contribution in [3.8, 4) is 0 Å². The van der Waals surface area contributed by atoms with E-state index >= 15 is 0 Å². The molecule has 0 saturated carbocycles. The topological polar surface area (TPSA) is 66.0 Å². The van der Waals surface area contributed by atoms with Crippen LogP contribution in [0.4, 0.5) is 23.5 Å². The molecule has 0 aliphatic carbocycles. The van der Waals surface area contributed by atoms with Gasteiger partial charge < -0.3 is 15.5 Å². The zero-order valence-corrected chi connectivity index (χ0v) is 13.2. The molecule has 21 heavy (non-hydrogen) atoms. The van der Waals surface area contributed by atoms with Gasteiger partial charge in [-0.2, -0.15) is 15.0 Å². The summed E-state index contributed by atoms with van der Waals surface area (Å²) >= 11 is 0. The summed E-state index contributed by atoms with van der Waals surface area (Å²) in [5.41, 5.74) is 3.46. The Balaban J connectivity index is 2.31. The van der Waals surface area contributed by atoms with Crippen molar-refractivity contribution in [2.45, 2.75) is 20.8 Å². The fraction of sp³-hybridized carbons (Fsp3) is 0.400. The minimum atomic E-state index is 0.535. The lowest BCUT2D eigenvalue weighted by molar-refractivity contribution is 0.953. The zero-order valence-electron chi connectivity index (χ0n) is 13.2. The second-order valence-electron chi connectivity index (χ2n) is 5.13. The molecule has 2 N–H and O–H groups in total. The summed E-state index contributed by atoms with van der Waals surface area (Å²) in [5.74, 6) is 1.72. The number of nitrogens with one attached hydrogen (secondary N) is 2. The maximum absolute atomic E-state index is 4.42. The second-order valence-corrected chi connectivity index (χ2v) is 5.13. The van der Waals surface area contributed by atoms with Gasteiger partial charge in [0.25, 0.3) is 0 Å². The smallest absolute Gasteiger partial charge is 0.233 e. The van der Waals surface area contributed by atoms with Crippen molar-refractivity contribution >= 4 is 23.5 Å². The number of hydrogen-bond acceptors (Lipinski definition) is 6. The molecule has 0 radical (unpaired) electrons. The molecular weight excluding hydrogens is 264 g/mol. The van der Waals surface area contributed by atoms with Crippen molar-refractivity contribution in [1.29, 1.82) is 0 Å². The van der Waals surface area contributed by atoms with Gasteiger partial charge in [0, 0.05) is 26.3 Å². The van der Waals surface area contributed by atoms with E-state index in [2.05, 4.69) is 51.6 Å². The van der Waals surface area contributed by atoms with Gasteiger partial charge in [0.05, 0.1) is 0 Å². The Morgan fingerprint density at radius 3 is 2.33 bits per heavy atom. The summed E-state index contributed by atoms with van der Waals surface area (Å²) in [6, 6.07) is 6.19. The molecule has 1 aromatic heterocycles. The third-order valence-electron chi connectivity index (χ3n) is 3.12. The highest BCUT2D eigenvalue weighted by molar-refractivity contribution is 5.57. The standard InChI is InChI=1S/C15H22N6/c1-6-16-13-18-14(20-15(19-13)21(4)5)17-12-8-7-10(2)11(3)9-12/h7-9H,6H2,1-5H3,(H2,16,17,18,19,20). The lowest BCUT2D eigenvalue weighted by atomic mass is 10.1. The van der Waals surface area contributed by atoms with Crippen LogP contribution < -0.4 is 15.5 Å². The Morgan fingerprint density at radius 1 is 1.00 bits per heavy atom. The summed E-state index contributed by atoms with van der Waals surface area (Å²) < 4.78 is 0. The predicted octanol–water partition coefficient (Wildman–Crippen LogP) is 2.73. The fourth-order valence-electron chi connectivity index (χ4n) is 1.81. The van der Waals surface area contributed by atoms with E-state index in [4.69, 9.17) is 0 Å². The maximum Gasteiger partial charge on any atom is 0.233 e. The Morgan fingerprint density at radius 2 is 1.71 bits per heavy atom. The molecular formula is C15H22N6. The predicted molar refractivity (Wildman–Crippen MR) is 87.5 cm³/mol. The van der Waals surface area contributed by atoms with Crippen LogP contribution in [0.1, 0.15) is 18.1 Å². The molecule has 2 rings (SSSR count). The van der Waals surface area contributed by atoms with E-state index in [-0.39, 0.29) is 0 Å². The minimum Gasteiger partial charge on any atom is -0.354 e. The van der Waals surface area contributed by atoms with E-state index in [1.54, 1.807) is 0 Å². The summed E-state index contributed by atoms with van der Waals surface area (Å²) in [6.07, 6.45) is 0. The first kappa shape index (κ1) is 15.0. The summed E-state index contributed by atoms with van der Waals surface area (Å²) in [6.45, 7) is 6.95. The molecule has 0 unspecified atom stereocenters. The van der Waals surface area contributed by atoms with Crippen LogP contribution in [0.25, 0.3) is 0 Å². The van der Waals surface area contributed by atoms with Crippen LogP contribution in [0.5, 0.6) is 0 Å². The molecule has 0 atom stereocenters. The Bertz CT molecular complexity index is 624. The van der Waals surface area contributed by atoms with Crippen LogP contribution in [0.2, 0.25) is 0 Å². The van der Waals surface area contributed by atoms with Gasteiger partial charge in [0.1, 0.15) is 0 Å². The SMILES string of the molecule is CCNc1nc(Nc2ccc(C)c(C)c2)nc(N(C)C)n1. The van der Waals surface area contributed by atoms with E-state index in [1.165, 1.54) is 11.1 Å². The van der Waals surface area contributed by atoms with Crippen molar-refractivity contribution < 1.29 is 0 Å². The van der Waals surface area contributed by atoms with Gasteiger partial charge in [-0.05, 0) is 44.0 Å². The minimum absolute atomic E-state index is 0.535. The highest BCUT2D eigenvalue weighted by Gasteiger charge is 2.08. The normalized spacial score (nSPS) is 10.3. The number of aromatic nitrogens is 3. The van der Waals surface area contributed by atoms with Crippen molar-refractivity contribution in [3.63, 3.8) is 0 Å². The van der Waals surface area contributed by atoms with Crippen LogP contribution >= 0.6 is 0 Å². The van der Waals surface area contributed by atoms with Gasteiger partial charge in [0.2, 0.25) is 17.8 Å². The molecule has 6 heteroatoms. The number of nitrogens with zero attached hydrogens (tertiary/aromatic N) is 4. The van der Waals surface area contributed by atoms with Gasteiger partial charge >= 0.3 is 0 Å². The van der Waals surface area contributed by atoms with Gasteiger partial charge in [-0.3, -0.25) is 0 Å². The van der Waals surface area contributed by atoms with Crippen LogP contribution in [0.3, 0.4) is 0 Å². The molecule has 0 spiro atoms. The zero-order chi connectivity index (χ0) is 15.4. The summed E-state index contributed by atoms with van der Waals surface area (Å²) in [7, 11) is 3.82. The Hall–Kier alpha value is -2.37. The van der Waals surface area contributed by atoms with E-state index in [0.717, 1.165) is 12.2 Å². The molecule has 2 aromatic rings. The summed E-state index contributed by atoms with van der Waals surface area (Å²) in [5, 5.41) is 6.36. The maximum atomic E-state index is 4.42. The van der Waals surface area contributed by atoms with Gasteiger partial charge in [-0.25, -0.2) is 0 Å². The molecule has 1 heterocycles. The molecule has 0 saturated heterocycles. The van der Waals surface area contributed by atoms with Crippen LogP contribution in [-0.4, -0.2) is 35.6 Å². The molecule has 0 fully saturated rings. The highest BCUT2D eigenvalue weighted by Crippen LogP contribution is 2.19. The first-order chi connectivity index (χ1) is 9.99. The van der Waals surface area contributed by atoms with Gasteiger partial charge in [-0.15, -0.1) is 0 Å². The largest absolute Gasteiger partial charge is 0.354 e. The average Bonchev–Trinajstić information content (AvgIpc) is 2.43. The van der Waals surface area contributed by atoms with Crippen LogP contribution in [-0.2, 0) is 0 Å². The van der Waals surface area contributed by atoms with Gasteiger partial charge in [-0.1, -0.05) is 6.07 Å². The number of anilines is 4. The number of rotatable bonds is 5. The van der Waals surface area contributed by atoms with Crippen molar-refractivity contribution in [2.75, 3.05) is 36.2 Å². The molecule has 1 aromatic carbocycles. The molecule has 0 aliphatic heterocycles. The molecule has 6 nitrogen and oxygen atoms in total. The molecule has 0 aliphatic rings. The second kappa shape index (κ2) is 6.39. The summed E-state index contributed by atoms with van der Waals surface area (Å²) in [4.78, 5) is 15.0. The van der Waals surface area contributed by atoms with Crippen LogP contribution in [0.15, 0.2) is 18.2 Å². The third-order valence-corrected chi connectivity index (χ3v) is 3.12. The van der Waals surface area contributed by atoms with Gasteiger partial charge in [0.15, 0.2) is 0 Å². The first-order valence-electron chi connectivity index (χ1n) is 7.01. The van der Waals surface area contributed by atoms with Crippen LogP contribution in [0, 0.1) is 13.8 Å². The lowest BCUT2D eigenvalue weighted by Crippen LogP contribution is -2.16. The monoisotopic (exact) mass is 286 g/mol. The third kappa shape index (κ3) is 3.81. The fourth-order valence-corrected chi connectivity index (χ4v) is 1.81. The Labute approximate surface area is 125 Å². The number of hydrogen-bond donors (Lipinski definition) is 2.